The molecule has 1 aliphatic carbocycles. The second kappa shape index (κ2) is 7.27. The van der Waals surface area contributed by atoms with Crippen molar-refractivity contribution in [2.75, 3.05) is 6.54 Å². The van der Waals surface area contributed by atoms with Crippen molar-refractivity contribution in [1.29, 1.82) is 0 Å². The minimum absolute atomic E-state index is 0.411. The van der Waals surface area contributed by atoms with E-state index in [1.165, 1.54) is 42.5 Å². The molecular weight excluding hydrogens is 240 g/mol. The van der Waals surface area contributed by atoms with Gasteiger partial charge in [-0.15, -0.1) is 11.3 Å². The van der Waals surface area contributed by atoms with Crippen molar-refractivity contribution in [2.45, 2.75) is 58.0 Å². The normalized spacial score (nSPS) is 25.0. The van der Waals surface area contributed by atoms with Gasteiger partial charge in [0.25, 0.3) is 0 Å². The molecule has 0 bridgehead atoms. The maximum absolute atomic E-state index is 6.26. The third-order valence-corrected chi connectivity index (χ3v) is 5.09. The van der Waals surface area contributed by atoms with Crippen molar-refractivity contribution in [3.05, 3.63) is 21.9 Å². The van der Waals surface area contributed by atoms with E-state index in [2.05, 4.69) is 23.7 Å². The Hall–Kier alpha value is -0.380. The van der Waals surface area contributed by atoms with Crippen LogP contribution in [0.1, 0.15) is 49.5 Å². The van der Waals surface area contributed by atoms with E-state index in [4.69, 9.17) is 5.73 Å². The highest BCUT2D eigenvalue weighted by atomic mass is 32.1. The number of aryl methyl sites for hydroxylation is 1. The molecule has 0 aromatic carbocycles. The van der Waals surface area contributed by atoms with Gasteiger partial charge in [0.2, 0.25) is 0 Å². The van der Waals surface area contributed by atoms with E-state index in [0.717, 1.165) is 19.5 Å². The van der Waals surface area contributed by atoms with E-state index in [0.29, 0.717) is 12.0 Å². The lowest BCUT2D eigenvalue weighted by molar-refractivity contribution is 0.374. The van der Waals surface area contributed by atoms with Crippen molar-refractivity contribution >= 4 is 11.3 Å². The van der Waals surface area contributed by atoms with Crippen LogP contribution in [0.15, 0.2) is 11.4 Å². The summed E-state index contributed by atoms with van der Waals surface area (Å²) in [5.74, 6) is 0.678. The van der Waals surface area contributed by atoms with Gasteiger partial charge in [0, 0.05) is 17.5 Å². The topological polar surface area (TPSA) is 38.0 Å². The molecule has 1 saturated carbocycles. The quantitative estimate of drug-likeness (QED) is 0.802. The molecule has 2 atom stereocenters. The molecule has 1 aromatic rings. The smallest absolute Gasteiger partial charge is 0.0302 e. The molecule has 2 nitrogen and oxygen atoms in total. The van der Waals surface area contributed by atoms with Gasteiger partial charge >= 0.3 is 0 Å². The second-order valence-electron chi connectivity index (χ2n) is 5.42. The molecular formula is C15H26N2S. The standard InChI is InChI=1S/C15H26N2S/c1-2-12-8-9-18-15(12)11-17-10-13-6-4-3-5-7-14(13)16/h8-9,13-14,17H,2-7,10-11,16H2,1H3. The van der Waals surface area contributed by atoms with Crippen LogP contribution in [0.3, 0.4) is 0 Å². The number of hydrogen-bond acceptors (Lipinski definition) is 3. The molecule has 0 saturated heterocycles. The fourth-order valence-corrected chi connectivity index (χ4v) is 3.82. The lowest BCUT2D eigenvalue weighted by Crippen LogP contribution is -2.36. The second-order valence-corrected chi connectivity index (χ2v) is 6.42. The molecule has 1 heterocycles. The summed E-state index contributed by atoms with van der Waals surface area (Å²) < 4.78 is 0. The van der Waals surface area contributed by atoms with E-state index >= 15 is 0 Å². The van der Waals surface area contributed by atoms with Gasteiger partial charge in [0.15, 0.2) is 0 Å². The largest absolute Gasteiger partial charge is 0.327 e. The monoisotopic (exact) mass is 266 g/mol. The maximum atomic E-state index is 6.26. The molecule has 1 aliphatic rings. The van der Waals surface area contributed by atoms with Gasteiger partial charge in [0.05, 0.1) is 0 Å². The zero-order chi connectivity index (χ0) is 12.8. The molecule has 1 fully saturated rings. The minimum atomic E-state index is 0.411. The van der Waals surface area contributed by atoms with Crippen LogP contribution in [-0.2, 0) is 13.0 Å². The van der Waals surface area contributed by atoms with Gasteiger partial charge in [-0.05, 0) is 48.7 Å². The Morgan fingerprint density at radius 3 is 3.00 bits per heavy atom. The fourth-order valence-electron chi connectivity index (χ4n) is 2.87. The highest BCUT2D eigenvalue weighted by molar-refractivity contribution is 7.10. The first-order chi connectivity index (χ1) is 8.81. The van der Waals surface area contributed by atoms with Gasteiger partial charge in [0.1, 0.15) is 0 Å². The number of nitrogens with one attached hydrogen (secondary N) is 1. The molecule has 3 heteroatoms. The van der Waals surface area contributed by atoms with Crippen LogP contribution in [0.4, 0.5) is 0 Å². The van der Waals surface area contributed by atoms with Crippen LogP contribution in [-0.4, -0.2) is 12.6 Å². The lowest BCUT2D eigenvalue weighted by Gasteiger charge is -2.21. The van der Waals surface area contributed by atoms with E-state index in [1.54, 1.807) is 0 Å². The summed E-state index contributed by atoms with van der Waals surface area (Å²) in [5.41, 5.74) is 7.75. The summed E-state index contributed by atoms with van der Waals surface area (Å²) in [4.78, 5) is 1.50. The minimum Gasteiger partial charge on any atom is -0.327 e. The van der Waals surface area contributed by atoms with Crippen molar-refractivity contribution in [2.24, 2.45) is 11.7 Å². The summed E-state index contributed by atoms with van der Waals surface area (Å²) in [7, 11) is 0. The van der Waals surface area contributed by atoms with E-state index in [-0.39, 0.29) is 0 Å². The molecule has 18 heavy (non-hydrogen) atoms. The van der Waals surface area contributed by atoms with E-state index < -0.39 is 0 Å². The zero-order valence-corrected chi connectivity index (χ0v) is 12.3. The highest BCUT2D eigenvalue weighted by Gasteiger charge is 2.19. The molecule has 0 radical (unpaired) electrons. The van der Waals surface area contributed by atoms with E-state index in [9.17, 15) is 0 Å². The Bertz CT molecular complexity index is 348. The molecule has 3 N–H and O–H groups in total. The lowest BCUT2D eigenvalue weighted by atomic mass is 9.95. The maximum Gasteiger partial charge on any atom is 0.0302 e. The van der Waals surface area contributed by atoms with Crippen LogP contribution in [0, 0.1) is 5.92 Å². The summed E-state index contributed by atoms with van der Waals surface area (Å²) in [6.07, 6.45) is 7.71. The van der Waals surface area contributed by atoms with Gasteiger partial charge in [-0.2, -0.15) is 0 Å². The predicted octanol–water partition coefficient (Wildman–Crippen LogP) is 3.31. The Kier molecular flexibility index (Phi) is 5.67. The first-order valence-electron chi connectivity index (χ1n) is 7.32. The van der Waals surface area contributed by atoms with Crippen LogP contribution >= 0.6 is 11.3 Å². The number of nitrogens with two attached hydrogens (primary N) is 1. The van der Waals surface area contributed by atoms with Gasteiger partial charge in [-0.1, -0.05) is 26.2 Å². The zero-order valence-electron chi connectivity index (χ0n) is 11.5. The first-order valence-corrected chi connectivity index (χ1v) is 8.20. The highest BCUT2D eigenvalue weighted by Crippen LogP contribution is 2.22. The number of thiophene rings is 1. The molecule has 2 rings (SSSR count). The molecule has 102 valence electrons. The third-order valence-electron chi connectivity index (χ3n) is 4.13. The third kappa shape index (κ3) is 3.81. The average molecular weight is 266 g/mol. The Morgan fingerprint density at radius 1 is 1.33 bits per heavy atom. The summed E-state index contributed by atoms with van der Waals surface area (Å²) >= 11 is 1.87. The molecule has 0 amide bonds. The van der Waals surface area contributed by atoms with Crippen molar-refractivity contribution in [3.8, 4) is 0 Å². The van der Waals surface area contributed by atoms with Crippen molar-refractivity contribution in [3.63, 3.8) is 0 Å². The van der Waals surface area contributed by atoms with Gasteiger partial charge < -0.3 is 11.1 Å². The summed E-state index contributed by atoms with van der Waals surface area (Å²) in [6, 6.07) is 2.66. The fraction of sp³-hybridized carbons (Fsp3) is 0.733. The molecule has 0 spiro atoms. The van der Waals surface area contributed by atoms with Crippen molar-refractivity contribution in [1.82, 2.24) is 5.32 Å². The number of rotatable bonds is 5. The summed E-state index contributed by atoms with van der Waals surface area (Å²) in [5, 5.41) is 5.82. The van der Waals surface area contributed by atoms with Gasteiger partial charge in [-0.25, -0.2) is 0 Å². The SMILES string of the molecule is CCc1ccsc1CNCC1CCCCCC1N. The predicted molar refractivity (Wildman–Crippen MR) is 80.0 cm³/mol. The van der Waals surface area contributed by atoms with E-state index in [1.807, 2.05) is 11.3 Å². The molecule has 1 aromatic heterocycles. The van der Waals surface area contributed by atoms with Crippen LogP contribution in [0.5, 0.6) is 0 Å². The van der Waals surface area contributed by atoms with Crippen LogP contribution < -0.4 is 11.1 Å². The van der Waals surface area contributed by atoms with Crippen molar-refractivity contribution < 1.29 is 0 Å². The first kappa shape index (κ1) is 14.0. The molecule has 2 unspecified atom stereocenters. The molecule has 0 aliphatic heterocycles. The Balaban J connectivity index is 1.77. The summed E-state index contributed by atoms with van der Waals surface area (Å²) in [6.45, 7) is 4.33. The van der Waals surface area contributed by atoms with Crippen LogP contribution in [0.25, 0.3) is 0 Å². The Labute approximate surface area is 115 Å². The van der Waals surface area contributed by atoms with Gasteiger partial charge in [-0.3, -0.25) is 0 Å². The Morgan fingerprint density at radius 2 is 2.17 bits per heavy atom. The number of hydrogen-bond donors (Lipinski definition) is 2. The average Bonchev–Trinajstić information content (AvgIpc) is 2.73. The van der Waals surface area contributed by atoms with Crippen LogP contribution in [0.2, 0.25) is 0 Å².